The number of hydrogen-bond donors (Lipinski definition) is 1. The Bertz CT molecular complexity index is 1570. The highest BCUT2D eigenvalue weighted by atomic mass is 16.1. The molecule has 0 aliphatic heterocycles. The molecule has 0 aliphatic rings. The number of aromatic amines is 1. The van der Waals surface area contributed by atoms with E-state index >= 15 is 0 Å². The molecule has 0 bridgehead atoms. The summed E-state index contributed by atoms with van der Waals surface area (Å²) in [6, 6.07) is 21.7. The topological polar surface area (TPSA) is 80.6 Å². The lowest BCUT2D eigenvalue weighted by Gasteiger charge is -2.04. The fourth-order valence-electron chi connectivity index (χ4n) is 3.93. The zero-order valence-electron chi connectivity index (χ0n) is 16.9. The molecule has 4 heterocycles. The minimum Gasteiger partial charge on any atom is -0.339 e. The quantitative estimate of drug-likeness (QED) is 0.347. The number of imidazole rings is 1. The molecule has 0 saturated heterocycles. The number of fused-ring (bicyclic) bond motifs is 3. The van der Waals surface area contributed by atoms with Gasteiger partial charge in [-0.1, -0.05) is 35.0 Å². The van der Waals surface area contributed by atoms with Gasteiger partial charge in [0.2, 0.25) is 0 Å². The normalized spacial score (nSPS) is 11.2. The summed E-state index contributed by atoms with van der Waals surface area (Å²) in [7, 11) is 0. The van der Waals surface area contributed by atoms with Crippen LogP contribution in [-0.2, 0) is 0 Å². The van der Waals surface area contributed by atoms with E-state index in [1.807, 2.05) is 57.9 Å². The second kappa shape index (κ2) is 7.24. The van der Waals surface area contributed by atoms with Crippen LogP contribution in [0.25, 0.3) is 44.9 Å². The average Bonchev–Trinajstić information content (AvgIpc) is 3.52. The molecule has 0 radical (unpaired) electrons. The zero-order valence-corrected chi connectivity index (χ0v) is 16.9. The van der Waals surface area contributed by atoms with Gasteiger partial charge in [-0.3, -0.25) is 9.78 Å². The molecule has 0 fully saturated rings. The van der Waals surface area contributed by atoms with Crippen LogP contribution in [0, 0.1) is 0 Å². The molecule has 2 aromatic carbocycles. The van der Waals surface area contributed by atoms with Crippen molar-refractivity contribution in [3.63, 3.8) is 0 Å². The summed E-state index contributed by atoms with van der Waals surface area (Å²) in [5.41, 5.74) is 6.12. The van der Waals surface area contributed by atoms with Gasteiger partial charge < -0.3 is 4.98 Å². The van der Waals surface area contributed by atoms with Crippen molar-refractivity contribution in [1.29, 1.82) is 0 Å². The predicted octanol–water partition coefficient (Wildman–Crippen LogP) is 4.03. The lowest BCUT2D eigenvalue weighted by Crippen LogP contribution is -2.22. The first-order valence-corrected chi connectivity index (χ1v) is 10.1. The van der Waals surface area contributed by atoms with E-state index in [0.717, 1.165) is 51.2 Å². The van der Waals surface area contributed by atoms with Gasteiger partial charge in [-0.05, 0) is 42.0 Å². The lowest BCUT2D eigenvalue weighted by molar-refractivity contribution is -0.498. The van der Waals surface area contributed by atoms with Crippen molar-refractivity contribution >= 4 is 22.8 Å². The van der Waals surface area contributed by atoms with Crippen LogP contribution in [0.1, 0.15) is 10.4 Å². The second-order valence-corrected chi connectivity index (χ2v) is 7.44. The number of carbonyl (C=O) groups excluding carboxylic acids is 1. The maximum Gasteiger partial charge on any atom is 0.332 e. The molecule has 0 atom stereocenters. The van der Waals surface area contributed by atoms with E-state index < -0.39 is 0 Å². The van der Waals surface area contributed by atoms with Gasteiger partial charge in [0.25, 0.3) is 5.65 Å². The largest absolute Gasteiger partial charge is 0.339 e. The fourth-order valence-corrected chi connectivity index (χ4v) is 3.93. The van der Waals surface area contributed by atoms with Gasteiger partial charge >= 0.3 is 5.82 Å². The number of H-pyrrole nitrogens is 1. The number of hydrogen-bond acceptors (Lipinski definition) is 4. The molecule has 6 aromatic rings. The Kier molecular flexibility index (Phi) is 4.11. The van der Waals surface area contributed by atoms with Crippen LogP contribution in [0.2, 0.25) is 0 Å². The Morgan fingerprint density at radius 3 is 2.53 bits per heavy atom. The third-order valence-corrected chi connectivity index (χ3v) is 5.51. The third kappa shape index (κ3) is 2.87. The fraction of sp³-hybridized carbons (Fsp3) is 0. The number of pyridine rings is 2. The van der Waals surface area contributed by atoms with Gasteiger partial charge in [-0.2, -0.15) is 4.40 Å². The van der Waals surface area contributed by atoms with Crippen LogP contribution in [0.4, 0.5) is 0 Å². The van der Waals surface area contributed by atoms with Crippen molar-refractivity contribution in [2.45, 2.75) is 0 Å². The second-order valence-electron chi connectivity index (χ2n) is 7.44. The molecular formula is C25H17N6O+. The number of nitrogens with zero attached hydrogens (tertiary/aromatic N) is 5. The van der Waals surface area contributed by atoms with Gasteiger partial charge in [-0.25, -0.2) is 4.98 Å². The first-order chi connectivity index (χ1) is 15.8. The van der Waals surface area contributed by atoms with Crippen LogP contribution in [0.15, 0.2) is 91.6 Å². The highest BCUT2D eigenvalue weighted by Gasteiger charge is 2.26. The van der Waals surface area contributed by atoms with Crippen molar-refractivity contribution < 1.29 is 9.20 Å². The Morgan fingerprint density at radius 2 is 1.78 bits per heavy atom. The molecule has 0 spiro atoms. The van der Waals surface area contributed by atoms with E-state index in [2.05, 4.69) is 28.2 Å². The smallest absolute Gasteiger partial charge is 0.332 e. The Balaban J connectivity index is 1.69. The number of carbonyl (C=O) groups is 1. The summed E-state index contributed by atoms with van der Waals surface area (Å²) in [5, 5.41) is 5.87. The summed E-state index contributed by atoms with van der Waals surface area (Å²) >= 11 is 0. The molecule has 6 rings (SSSR count). The third-order valence-electron chi connectivity index (χ3n) is 5.51. The lowest BCUT2D eigenvalue weighted by atomic mass is 10.1. The Morgan fingerprint density at radius 1 is 0.938 bits per heavy atom. The van der Waals surface area contributed by atoms with E-state index in [-0.39, 0.29) is 0 Å². The molecule has 4 aromatic heterocycles. The monoisotopic (exact) mass is 417 g/mol. The molecule has 7 heteroatoms. The van der Waals surface area contributed by atoms with E-state index in [1.165, 1.54) is 0 Å². The highest BCUT2D eigenvalue weighted by molar-refractivity contribution is 5.93. The van der Waals surface area contributed by atoms with Crippen molar-refractivity contribution in [3.8, 4) is 28.3 Å². The van der Waals surface area contributed by atoms with Crippen molar-refractivity contribution in [1.82, 2.24) is 24.7 Å². The molecule has 1 N–H and O–H groups in total. The maximum atomic E-state index is 11.1. The van der Waals surface area contributed by atoms with E-state index in [4.69, 9.17) is 10.1 Å². The molecular weight excluding hydrogens is 400 g/mol. The van der Waals surface area contributed by atoms with E-state index in [1.54, 1.807) is 24.7 Å². The molecule has 7 nitrogen and oxygen atoms in total. The first kappa shape index (κ1) is 18.1. The van der Waals surface area contributed by atoms with Crippen molar-refractivity contribution in [2.24, 2.45) is 0 Å². The summed E-state index contributed by atoms with van der Waals surface area (Å²) in [6.07, 6.45) is 8.07. The van der Waals surface area contributed by atoms with Gasteiger partial charge in [0.1, 0.15) is 17.7 Å². The van der Waals surface area contributed by atoms with Gasteiger partial charge in [0.05, 0.1) is 34.7 Å². The number of rotatable bonds is 4. The van der Waals surface area contributed by atoms with Crippen molar-refractivity contribution in [3.05, 3.63) is 97.2 Å². The molecule has 32 heavy (non-hydrogen) atoms. The first-order valence-electron chi connectivity index (χ1n) is 10.1. The van der Waals surface area contributed by atoms with Crippen LogP contribution in [0.5, 0.6) is 0 Å². The standard InChI is InChI=1S/C25H17N6O/c32-15-17-6-8-20(9-7-17)31-25-21-12-19(18-4-2-1-3-5-18)13-27-22(21)10-11-30(25)24(29-31)23-14-26-16-28-23/h1-16H,(H,26,28)/q+1. The summed E-state index contributed by atoms with van der Waals surface area (Å²) < 4.78 is 3.91. The summed E-state index contributed by atoms with van der Waals surface area (Å²) in [5.74, 6) is 0.726. The van der Waals surface area contributed by atoms with Crippen molar-refractivity contribution in [2.75, 3.05) is 0 Å². The van der Waals surface area contributed by atoms with Crippen LogP contribution in [0.3, 0.4) is 0 Å². The molecule has 0 aliphatic carbocycles. The summed E-state index contributed by atoms with van der Waals surface area (Å²) in [4.78, 5) is 23.1. The van der Waals surface area contributed by atoms with Gasteiger partial charge in [-0.15, -0.1) is 0 Å². The van der Waals surface area contributed by atoms with E-state index in [9.17, 15) is 4.79 Å². The maximum absolute atomic E-state index is 11.1. The molecule has 0 amide bonds. The minimum absolute atomic E-state index is 0.615. The minimum atomic E-state index is 0.615. The van der Waals surface area contributed by atoms with Crippen LogP contribution in [-0.4, -0.2) is 31.0 Å². The Labute approximate surface area is 182 Å². The number of nitrogens with one attached hydrogen (secondary N) is 1. The molecule has 152 valence electrons. The van der Waals surface area contributed by atoms with E-state index in [0.29, 0.717) is 5.56 Å². The van der Waals surface area contributed by atoms with Gasteiger partial charge in [0.15, 0.2) is 0 Å². The van der Waals surface area contributed by atoms with Crippen LogP contribution < -0.4 is 4.40 Å². The Hall–Kier alpha value is -4.65. The zero-order chi connectivity index (χ0) is 21.5. The number of benzene rings is 2. The highest BCUT2D eigenvalue weighted by Crippen LogP contribution is 2.26. The summed E-state index contributed by atoms with van der Waals surface area (Å²) in [6.45, 7) is 0. The SMILES string of the molecule is O=Cc1ccc(-n2nc(-c3cnc[nH]3)[n+]3ccc4ncc(-c5ccccc5)cc4c23)cc1. The number of aldehydes is 1. The predicted molar refractivity (Wildman–Crippen MR) is 120 cm³/mol. The molecule has 0 saturated carbocycles. The average molecular weight is 417 g/mol. The molecule has 0 unspecified atom stereocenters. The van der Waals surface area contributed by atoms with Gasteiger partial charge in [0, 0.05) is 17.3 Å². The number of aromatic nitrogens is 6. The van der Waals surface area contributed by atoms with Crippen LogP contribution >= 0.6 is 0 Å².